The molecule has 3 nitrogen and oxygen atoms in total. The number of aromatic nitrogens is 1. The number of carbonyl (C=O) groups is 1. The second kappa shape index (κ2) is 7.87. The van der Waals surface area contributed by atoms with Gasteiger partial charge in [-0.3, -0.25) is 4.79 Å². The second-order valence-electron chi connectivity index (χ2n) is 8.44. The smallest absolute Gasteiger partial charge is 0.238 e. The largest absolute Gasteiger partial charge is 0.356 e. The predicted octanol–water partition coefficient (Wildman–Crippen LogP) is 5.93. The molecule has 1 N–H and O–H groups in total. The number of fused-ring (bicyclic) bond motifs is 3. The number of rotatable bonds is 3. The number of nitrogens with one attached hydrogen (secondary N) is 1. The number of hydrogen-bond acceptors (Lipinski definition) is 1. The third-order valence-corrected chi connectivity index (χ3v) is 7.03. The number of carbonyl (C=O) groups excluding carboxylic acids is 1. The summed E-state index contributed by atoms with van der Waals surface area (Å²) in [5, 5.41) is 1.27. The Kier molecular flexibility index (Phi) is 5.09. The zero-order valence-electron chi connectivity index (χ0n) is 16.7. The highest BCUT2D eigenvalue weighted by Crippen LogP contribution is 2.39. The van der Waals surface area contributed by atoms with E-state index in [-0.39, 0.29) is 17.8 Å². The summed E-state index contributed by atoms with van der Waals surface area (Å²) in [4.78, 5) is 18.2. The normalized spacial score (nSPS) is 20.0. The summed E-state index contributed by atoms with van der Waals surface area (Å²) in [6.45, 7) is 0.704. The maximum absolute atomic E-state index is 12.7. The van der Waals surface area contributed by atoms with Crippen molar-refractivity contribution in [2.45, 2.75) is 50.5 Å². The molecule has 0 spiro atoms. The predicted molar refractivity (Wildman–Crippen MR) is 119 cm³/mol. The van der Waals surface area contributed by atoms with Crippen LogP contribution in [0.25, 0.3) is 10.9 Å². The molecule has 0 bridgehead atoms. The summed E-state index contributed by atoms with van der Waals surface area (Å²) in [5.41, 5.74) is 6.22. The minimum atomic E-state index is -0.0993. The molecule has 1 amide bonds. The molecule has 2 aliphatic rings. The molecule has 1 aliphatic heterocycles. The van der Waals surface area contributed by atoms with Gasteiger partial charge in [-0.05, 0) is 47.9 Å². The molecule has 1 aliphatic carbocycles. The molecule has 1 atom stereocenters. The van der Waals surface area contributed by atoms with Crippen molar-refractivity contribution in [3.05, 3.63) is 70.9 Å². The Morgan fingerprint density at radius 2 is 1.72 bits per heavy atom. The van der Waals surface area contributed by atoms with E-state index in [1.165, 1.54) is 48.6 Å². The van der Waals surface area contributed by atoms with Gasteiger partial charge in [0.2, 0.25) is 5.91 Å². The molecule has 0 unspecified atom stereocenters. The highest BCUT2D eigenvalue weighted by Gasteiger charge is 2.34. The molecule has 0 radical (unpaired) electrons. The van der Waals surface area contributed by atoms with E-state index in [1.54, 1.807) is 0 Å². The first kappa shape index (κ1) is 18.7. The first-order valence-corrected chi connectivity index (χ1v) is 11.3. The van der Waals surface area contributed by atoms with Crippen LogP contribution >= 0.6 is 11.6 Å². The average Bonchev–Trinajstić information content (AvgIpc) is 3.17. The van der Waals surface area contributed by atoms with Crippen LogP contribution in [0.1, 0.15) is 66.4 Å². The fraction of sp³-hybridized carbons (Fsp3) is 0.400. The number of amides is 1. The Balaban J connectivity index is 1.55. The van der Waals surface area contributed by atoms with Gasteiger partial charge in [0.15, 0.2) is 0 Å². The average molecular weight is 407 g/mol. The minimum Gasteiger partial charge on any atom is -0.356 e. The Bertz CT molecular complexity index is 1020. The van der Waals surface area contributed by atoms with E-state index in [9.17, 15) is 4.79 Å². The van der Waals surface area contributed by atoms with Crippen molar-refractivity contribution < 1.29 is 4.79 Å². The van der Waals surface area contributed by atoms with E-state index >= 15 is 0 Å². The molecule has 0 saturated heterocycles. The van der Waals surface area contributed by atoms with Gasteiger partial charge < -0.3 is 9.88 Å². The number of H-pyrrole nitrogens is 1. The summed E-state index contributed by atoms with van der Waals surface area (Å²) in [6.07, 6.45) is 7.50. The molecule has 5 rings (SSSR count). The molecule has 1 fully saturated rings. The van der Waals surface area contributed by atoms with Gasteiger partial charge in [-0.15, -0.1) is 11.6 Å². The van der Waals surface area contributed by atoms with E-state index < -0.39 is 0 Å². The van der Waals surface area contributed by atoms with Gasteiger partial charge in [0.25, 0.3) is 0 Å². The first-order valence-electron chi connectivity index (χ1n) is 10.8. The van der Waals surface area contributed by atoms with Crippen molar-refractivity contribution in [3.63, 3.8) is 0 Å². The first-order chi connectivity index (χ1) is 14.3. The molecule has 29 heavy (non-hydrogen) atoms. The summed E-state index contributed by atoms with van der Waals surface area (Å²) in [5.74, 6) is 0.706. The van der Waals surface area contributed by atoms with Crippen LogP contribution in [0.5, 0.6) is 0 Å². The third-order valence-electron chi connectivity index (χ3n) is 6.80. The lowest BCUT2D eigenvalue weighted by Crippen LogP contribution is -2.41. The number of benzene rings is 2. The van der Waals surface area contributed by atoms with Gasteiger partial charge in [0.1, 0.15) is 5.88 Å². The van der Waals surface area contributed by atoms with Crippen LogP contribution in [0.2, 0.25) is 0 Å². The minimum absolute atomic E-state index is 0.00247. The van der Waals surface area contributed by atoms with E-state index in [0.717, 1.165) is 23.2 Å². The zero-order chi connectivity index (χ0) is 19.8. The van der Waals surface area contributed by atoms with Gasteiger partial charge in [-0.1, -0.05) is 61.7 Å². The zero-order valence-corrected chi connectivity index (χ0v) is 17.4. The van der Waals surface area contributed by atoms with Gasteiger partial charge in [-0.25, -0.2) is 0 Å². The number of halogens is 1. The monoisotopic (exact) mass is 406 g/mol. The Morgan fingerprint density at radius 3 is 2.48 bits per heavy atom. The van der Waals surface area contributed by atoms with Gasteiger partial charge in [0, 0.05) is 23.1 Å². The fourth-order valence-corrected chi connectivity index (χ4v) is 5.47. The number of para-hydroxylation sites is 1. The maximum Gasteiger partial charge on any atom is 0.238 e. The molecule has 3 aromatic rings. The highest BCUT2D eigenvalue weighted by atomic mass is 35.5. The van der Waals surface area contributed by atoms with Crippen LogP contribution < -0.4 is 0 Å². The molecule has 1 saturated carbocycles. The Morgan fingerprint density at radius 1 is 1.00 bits per heavy atom. The fourth-order valence-electron chi connectivity index (χ4n) is 5.32. The van der Waals surface area contributed by atoms with Crippen LogP contribution in [0.4, 0.5) is 0 Å². The van der Waals surface area contributed by atoms with Crippen LogP contribution in [0.3, 0.4) is 0 Å². The van der Waals surface area contributed by atoms with Gasteiger partial charge >= 0.3 is 0 Å². The van der Waals surface area contributed by atoms with E-state index in [1.807, 2.05) is 4.90 Å². The van der Waals surface area contributed by atoms with Crippen LogP contribution in [0, 0.1) is 0 Å². The molecule has 2 heterocycles. The second-order valence-corrected chi connectivity index (χ2v) is 8.70. The number of nitrogens with zero attached hydrogens (tertiary/aromatic N) is 1. The Hall–Kier alpha value is -2.26. The van der Waals surface area contributed by atoms with E-state index in [0.29, 0.717) is 12.5 Å². The number of alkyl halides is 1. The summed E-state index contributed by atoms with van der Waals surface area (Å²) < 4.78 is 0. The third kappa shape index (κ3) is 3.36. The van der Waals surface area contributed by atoms with Crippen LogP contribution in [-0.2, 0) is 11.2 Å². The van der Waals surface area contributed by atoms with Gasteiger partial charge in [-0.2, -0.15) is 0 Å². The van der Waals surface area contributed by atoms with Crippen molar-refractivity contribution in [2.24, 2.45) is 0 Å². The quantitative estimate of drug-likeness (QED) is 0.537. The molecule has 150 valence electrons. The van der Waals surface area contributed by atoms with Crippen molar-refractivity contribution in [1.29, 1.82) is 0 Å². The lowest BCUT2D eigenvalue weighted by Gasteiger charge is -2.36. The highest BCUT2D eigenvalue weighted by molar-refractivity contribution is 6.27. The van der Waals surface area contributed by atoms with Crippen LogP contribution in [0.15, 0.2) is 48.5 Å². The SMILES string of the molecule is O=C(CCl)N1CCc2c([nH]c3ccccc23)[C@@H]1c1ccc(C2CCCCC2)cc1. The lowest BCUT2D eigenvalue weighted by molar-refractivity contribution is -0.130. The molecule has 4 heteroatoms. The number of hydrogen-bond donors (Lipinski definition) is 1. The van der Waals surface area contributed by atoms with Crippen molar-refractivity contribution in [2.75, 3.05) is 12.4 Å². The van der Waals surface area contributed by atoms with E-state index in [4.69, 9.17) is 11.6 Å². The van der Waals surface area contributed by atoms with Crippen LogP contribution in [-0.4, -0.2) is 28.2 Å². The lowest BCUT2D eigenvalue weighted by atomic mass is 9.83. The summed E-state index contributed by atoms with van der Waals surface area (Å²) in [7, 11) is 0. The Labute approximate surface area is 177 Å². The summed E-state index contributed by atoms with van der Waals surface area (Å²) in [6, 6.07) is 17.3. The topological polar surface area (TPSA) is 36.1 Å². The molecule has 1 aromatic heterocycles. The molecule has 2 aromatic carbocycles. The molecular formula is C25H27ClN2O. The standard InChI is InChI=1S/C25H27ClN2O/c26-16-23(29)28-15-14-21-20-8-4-5-9-22(20)27-24(21)25(28)19-12-10-18(11-13-19)17-6-2-1-3-7-17/h4-5,8-13,17,25,27H,1-3,6-7,14-16H2/t25-/m0/s1. The summed E-state index contributed by atoms with van der Waals surface area (Å²) >= 11 is 5.97. The van der Waals surface area contributed by atoms with Crippen molar-refractivity contribution in [1.82, 2.24) is 9.88 Å². The maximum atomic E-state index is 12.7. The van der Waals surface area contributed by atoms with Gasteiger partial charge in [0.05, 0.1) is 6.04 Å². The van der Waals surface area contributed by atoms with E-state index in [2.05, 4.69) is 53.5 Å². The number of aromatic amines is 1. The van der Waals surface area contributed by atoms with Crippen molar-refractivity contribution in [3.8, 4) is 0 Å². The van der Waals surface area contributed by atoms with Crippen molar-refractivity contribution >= 4 is 28.4 Å². The molecular weight excluding hydrogens is 380 g/mol.